The molecule has 1 rings (SSSR count). The molecule has 0 saturated heterocycles. The largest absolute Gasteiger partial charge is 0.480 e. The van der Waals surface area contributed by atoms with Gasteiger partial charge in [0.2, 0.25) is 10.0 Å². The number of carboxylic acids is 1. The van der Waals surface area contributed by atoms with Crippen LogP contribution in [0.25, 0.3) is 0 Å². The second-order valence-corrected chi connectivity index (χ2v) is 6.04. The number of sulfonamides is 1. The highest BCUT2D eigenvalue weighted by Gasteiger charge is 2.38. The Bertz CT molecular complexity index is 598. The summed E-state index contributed by atoms with van der Waals surface area (Å²) in [6.45, 7) is -1.53. The van der Waals surface area contributed by atoms with Crippen LogP contribution in [-0.2, 0) is 14.8 Å². The van der Waals surface area contributed by atoms with Crippen molar-refractivity contribution < 1.29 is 31.5 Å². The minimum atomic E-state index is -4.83. The van der Waals surface area contributed by atoms with Gasteiger partial charge in [-0.2, -0.15) is 17.5 Å². The third kappa shape index (κ3) is 4.49. The number of carboxylic acid groups (broad SMARTS) is 1. The molecule has 1 aromatic rings. The smallest absolute Gasteiger partial charge is 0.402 e. The molecular formula is C11H12F3NO4S. The van der Waals surface area contributed by atoms with Gasteiger partial charge in [0.1, 0.15) is 13.1 Å². The lowest BCUT2D eigenvalue weighted by molar-refractivity contribution is -0.146. The first kappa shape index (κ1) is 16.4. The summed E-state index contributed by atoms with van der Waals surface area (Å²) >= 11 is 0. The van der Waals surface area contributed by atoms with Crippen LogP contribution in [0.1, 0.15) is 5.56 Å². The van der Waals surface area contributed by atoms with E-state index in [4.69, 9.17) is 5.11 Å². The molecule has 0 aromatic heterocycles. The molecule has 0 amide bonds. The minimum absolute atomic E-state index is 0.107. The molecular weight excluding hydrogens is 299 g/mol. The maximum Gasteiger partial charge on any atom is 0.402 e. The van der Waals surface area contributed by atoms with Gasteiger partial charge in [0.15, 0.2) is 0 Å². The predicted octanol–water partition coefficient (Wildman–Crippen LogP) is 1.63. The zero-order valence-electron chi connectivity index (χ0n) is 10.4. The SMILES string of the molecule is Cc1cccc(S(=O)(=O)N(CC(=O)O)CC(F)(F)F)c1. The van der Waals surface area contributed by atoms with Crippen molar-refractivity contribution in [3.05, 3.63) is 29.8 Å². The van der Waals surface area contributed by atoms with Crippen LogP contribution in [0.5, 0.6) is 0 Å². The van der Waals surface area contributed by atoms with E-state index in [2.05, 4.69) is 0 Å². The number of alkyl halides is 3. The van der Waals surface area contributed by atoms with Crippen LogP contribution >= 0.6 is 0 Å². The topological polar surface area (TPSA) is 74.7 Å². The van der Waals surface area contributed by atoms with Gasteiger partial charge in [-0.05, 0) is 24.6 Å². The molecule has 0 radical (unpaired) electrons. The van der Waals surface area contributed by atoms with Gasteiger partial charge in [0.05, 0.1) is 4.90 Å². The quantitative estimate of drug-likeness (QED) is 0.897. The number of aryl methyl sites for hydroxylation is 1. The number of carbonyl (C=O) groups is 1. The molecule has 0 aliphatic heterocycles. The van der Waals surface area contributed by atoms with E-state index in [0.29, 0.717) is 5.56 Å². The Morgan fingerprint density at radius 2 is 1.95 bits per heavy atom. The van der Waals surface area contributed by atoms with E-state index in [9.17, 15) is 26.4 Å². The summed E-state index contributed by atoms with van der Waals surface area (Å²) < 4.78 is 61.2. The lowest BCUT2D eigenvalue weighted by Crippen LogP contribution is -2.41. The second-order valence-electron chi connectivity index (χ2n) is 4.10. The van der Waals surface area contributed by atoms with E-state index >= 15 is 0 Å². The van der Waals surface area contributed by atoms with Crippen molar-refractivity contribution in [2.24, 2.45) is 0 Å². The molecule has 1 N–H and O–H groups in total. The van der Waals surface area contributed by atoms with E-state index in [1.165, 1.54) is 12.1 Å². The third-order valence-electron chi connectivity index (χ3n) is 2.29. The van der Waals surface area contributed by atoms with E-state index in [1.54, 1.807) is 13.0 Å². The number of aliphatic carboxylic acids is 1. The molecule has 0 unspecified atom stereocenters. The van der Waals surface area contributed by atoms with Crippen LogP contribution in [0.3, 0.4) is 0 Å². The summed E-state index contributed by atoms with van der Waals surface area (Å²) in [5, 5.41) is 8.57. The first-order valence-corrected chi connectivity index (χ1v) is 6.82. The van der Waals surface area contributed by atoms with Crippen LogP contribution in [0, 0.1) is 6.92 Å². The van der Waals surface area contributed by atoms with Gasteiger partial charge in [-0.3, -0.25) is 4.79 Å². The highest BCUT2D eigenvalue weighted by Crippen LogP contribution is 2.23. The molecule has 0 saturated carbocycles. The number of hydrogen-bond acceptors (Lipinski definition) is 3. The lowest BCUT2D eigenvalue weighted by atomic mass is 10.2. The highest BCUT2D eigenvalue weighted by atomic mass is 32.2. The fourth-order valence-corrected chi connectivity index (χ4v) is 2.98. The molecule has 0 aliphatic rings. The Morgan fingerprint density at radius 3 is 2.40 bits per heavy atom. The van der Waals surface area contributed by atoms with Crippen LogP contribution in [0.2, 0.25) is 0 Å². The van der Waals surface area contributed by atoms with Crippen molar-refractivity contribution in [1.82, 2.24) is 4.31 Å². The van der Waals surface area contributed by atoms with Gasteiger partial charge in [-0.15, -0.1) is 0 Å². The summed E-state index contributed by atoms with van der Waals surface area (Å²) in [7, 11) is -4.52. The maximum absolute atomic E-state index is 12.4. The summed E-state index contributed by atoms with van der Waals surface area (Å²) in [6, 6.07) is 5.24. The van der Waals surface area contributed by atoms with Crippen molar-refractivity contribution in [2.45, 2.75) is 18.0 Å². The van der Waals surface area contributed by atoms with Gasteiger partial charge in [0, 0.05) is 0 Å². The molecule has 0 heterocycles. The fourth-order valence-electron chi connectivity index (χ4n) is 1.50. The molecule has 0 atom stereocenters. The number of halogens is 3. The van der Waals surface area contributed by atoms with Crippen LogP contribution < -0.4 is 0 Å². The molecule has 0 bridgehead atoms. The van der Waals surface area contributed by atoms with Crippen molar-refractivity contribution >= 4 is 16.0 Å². The van der Waals surface area contributed by atoms with Crippen LogP contribution in [0.15, 0.2) is 29.2 Å². The van der Waals surface area contributed by atoms with Gasteiger partial charge in [-0.25, -0.2) is 8.42 Å². The average Bonchev–Trinajstić information content (AvgIpc) is 2.25. The zero-order valence-corrected chi connectivity index (χ0v) is 11.2. The predicted molar refractivity (Wildman–Crippen MR) is 63.6 cm³/mol. The van der Waals surface area contributed by atoms with Crippen molar-refractivity contribution in [2.75, 3.05) is 13.1 Å². The fraction of sp³-hybridized carbons (Fsp3) is 0.364. The van der Waals surface area contributed by atoms with Gasteiger partial charge in [-0.1, -0.05) is 12.1 Å². The maximum atomic E-state index is 12.4. The second kappa shape index (κ2) is 5.80. The van der Waals surface area contributed by atoms with Gasteiger partial charge < -0.3 is 5.11 Å². The average molecular weight is 311 g/mol. The van der Waals surface area contributed by atoms with Crippen molar-refractivity contribution in [3.8, 4) is 0 Å². The van der Waals surface area contributed by atoms with E-state index < -0.39 is 35.3 Å². The molecule has 0 aliphatic carbocycles. The summed E-state index contributed by atoms with van der Waals surface area (Å²) in [6.07, 6.45) is -4.83. The summed E-state index contributed by atoms with van der Waals surface area (Å²) in [5.74, 6) is -1.66. The van der Waals surface area contributed by atoms with Gasteiger partial charge >= 0.3 is 12.1 Å². The Kier molecular flexibility index (Phi) is 4.77. The number of nitrogens with zero attached hydrogens (tertiary/aromatic N) is 1. The Morgan fingerprint density at radius 1 is 1.35 bits per heavy atom. The normalized spacial score (nSPS) is 12.7. The first-order chi connectivity index (χ1) is 9.02. The molecule has 5 nitrogen and oxygen atoms in total. The lowest BCUT2D eigenvalue weighted by Gasteiger charge is -2.21. The minimum Gasteiger partial charge on any atom is -0.480 e. The van der Waals surface area contributed by atoms with E-state index in [1.807, 2.05) is 0 Å². The van der Waals surface area contributed by atoms with Crippen LogP contribution in [0.4, 0.5) is 13.2 Å². The van der Waals surface area contributed by atoms with Crippen molar-refractivity contribution in [3.63, 3.8) is 0 Å². The van der Waals surface area contributed by atoms with Crippen LogP contribution in [-0.4, -0.2) is 43.1 Å². The Hall–Kier alpha value is -1.61. The third-order valence-corrected chi connectivity index (χ3v) is 4.08. The highest BCUT2D eigenvalue weighted by molar-refractivity contribution is 7.89. The standard InChI is InChI=1S/C11H12F3NO4S/c1-8-3-2-4-9(5-8)20(18,19)15(6-10(16)17)7-11(12,13)14/h2-5H,6-7H2,1H3,(H,16,17). The summed E-state index contributed by atoms with van der Waals surface area (Å²) in [5.41, 5.74) is 0.536. The molecule has 0 fully saturated rings. The van der Waals surface area contributed by atoms with Crippen molar-refractivity contribution in [1.29, 1.82) is 0 Å². The summed E-state index contributed by atoms with van der Waals surface area (Å²) in [4.78, 5) is 10.2. The molecule has 1 aromatic carbocycles. The Labute approximate surface area is 113 Å². The Balaban J connectivity index is 3.20. The van der Waals surface area contributed by atoms with E-state index in [0.717, 1.165) is 6.07 Å². The number of hydrogen-bond donors (Lipinski definition) is 1. The monoisotopic (exact) mass is 311 g/mol. The number of rotatable bonds is 5. The zero-order chi connectivity index (χ0) is 15.6. The van der Waals surface area contributed by atoms with E-state index in [-0.39, 0.29) is 9.20 Å². The molecule has 112 valence electrons. The van der Waals surface area contributed by atoms with Gasteiger partial charge in [0.25, 0.3) is 0 Å². The number of benzene rings is 1. The molecule has 9 heteroatoms. The molecule has 0 spiro atoms. The first-order valence-electron chi connectivity index (χ1n) is 5.38. The molecule has 20 heavy (non-hydrogen) atoms.